The average Bonchev–Trinajstić information content (AvgIpc) is 2.93. The first-order valence-electron chi connectivity index (χ1n) is 7.22. The van der Waals surface area contributed by atoms with E-state index in [1.165, 1.54) is 18.5 Å². The minimum Gasteiger partial charge on any atom is -0.455 e. The molecule has 10 heteroatoms. The molecule has 132 valence electrons. The van der Waals surface area contributed by atoms with Crippen LogP contribution >= 0.6 is 0 Å². The maximum absolute atomic E-state index is 14.4. The van der Waals surface area contributed by atoms with Gasteiger partial charge < -0.3 is 9.84 Å². The molecule has 4 rings (SSSR count). The van der Waals surface area contributed by atoms with E-state index >= 15 is 0 Å². The second-order valence-electron chi connectivity index (χ2n) is 5.92. The Bertz CT molecular complexity index is 1140. The van der Waals surface area contributed by atoms with Gasteiger partial charge in [0, 0.05) is 17.8 Å². The van der Waals surface area contributed by atoms with Gasteiger partial charge in [-0.15, -0.1) is 0 Å². The van der Waals surface area contributed by atoms with E-state index in [2.05, 4.69) is 4.98 Å². The van der Waals surface area contributed by atoms with Gasteiger partial charge in [-0.2, -0.15) is 14.0 Å². The predicted molar refractivity (Wildman–Crippen MR) is 80.4 cm³/mol. The molecule has 1 unspecified atom stereocenters. The number of ketones is 1. The fourth-order valence-electron chi connectivity index (χ4n) is 3.24. The van der Waals surface area contributed by atoms with Crippen molar-refractivity contribution < 1.29 is 31.8 Å². The van der Waals surface area contributed by atoms with Crippen LogP contribution in [-0.4, -0.2) is 29.5 Å². The molecular weight excluding hydrogens is 370 g/mol. The predicted octanol–water partition coefficient (Wildman–Crippen LogP) is 1.90. The molecule has 1 atom stereocenters. The Hall–Kier alpha value is -2.90. The Kier molecular flexibility index (Phi) is 3.08. The number of hydrogen-bond donors (Lipinski definition) is 1. The van der Waals surface area contributed by atoms with Gasteiger partial charge in [0.1, 0.15) is 17.6 Å². The molecule has 1 N–H and O–H groups in total. The number of pyridine rings is 1. The third-order valence-electron chi connectivity index (χ3n) is 4.42. The molecule has 1 aliphatic heterocycles. The number of sulfone groups is 1. The average molecular weight is 378 g/mol. The minimum atomic E-state index is -5.13. The van der Waals surface area contributed by atoms with Gasteiger partial charge in [-0.3, -0.25) is 9.78 Å². The number of nitrogens with zero attached hydrogens (tertiary/aromatic N) is 2. The van der Waals surface area contributed by atoms with Gasteiger partial charge in [0.05, 0.1) is 28.6 Å². The summed E-state index contributed by atoms with van der Waals surface area (Å²) in [5.74, 6) is -1.01. The zero-order chi connectivity index (χ0) is 18.9. The van der Waals surface area contributed by atoms with E-state index in [0.717, 1.165) is 12.1 Å². The molecule has 0 amide bonds. The zero-order valence-corrected chi connectivity index (χ0v) is 13.5. The lowest BCUT2D eigenvalue weighted by atomic mass is 9.96. The number of benzene rings is 1. The molecule has 0 fully saturated rings. The third-order valence-corrected chi connectivity index (χ3v) is 6.35. The highest BCUT2D eigenvalue weighted by molar-refractivity contribution is 7.93. The summed E-state index contributed by atoms with van der Waals surface area (Å²) < 4.78 is 58.3. The summed E-state index contributed by atoms with van der Waals surface area (Å²) >= 11 is 0. The van der Waals surface area contributed by atoms with Crippen molar-refractivity contribution in [3.05, 3.63) is 47.3 Å². The molecule has 1 aliphatic carbocycles. The smallest absolute Gasteiger partial charge is 0.382 e. The molecule has 1 aromatic heterocycles. The Morgan fingerprint density at radius 1 is 1.31 bits per heavy atom. The molecule has 7 nitrogen and oxygen atoms in total. The SMILES string of the molecule is N#Cc1cncc(Oc2ccc3c4c2C(=O)CC4(O)C(F)(F)S3(=O)=O)c1. The van der Waals surface area contributed by atoms with Crippen LogP contribution in [0, 0.1) is 11.3 Å². The topological polar surface area (TPSA) is 117 Å². The first kappa shape index (κ1) is 16.6. The molecule has 2 aromatic rings. The fraction of sp³-hybridized carbons (Fsp3) is 0.188. The van der Waals surface area contributed by atoms with Crippen molar-refractivity contribution >= 4 is 15.6 Å². The molecule has 2 aliphatic rings. The highest BCUT2D eigenvalue weighted by atomic mass is 32.2. The Morgan fingerprint density at radius 3 is 2.73 bits per heavy atom. The lowest BCUT2D eigenvalue weighted by Crippen LogP contribution is -2.44. The summed E-state index contributed by atoms with van der Waals surface area (Å²) in [6, 6.07) is 5.09. The third kappa shape index (κ3) is 1.79. The molecule has 2 heterocycles. The van der Waals surface area contributed by atoms with E-state index < -0.39 is 48.9 Å². The van der Waals surface area contributed by atoms with Crippen molar-refractivity contribution in [1.82, 2.24) is 4.98 Å². The highest BCUT2D eigenvalue weighted by Crippen LogP contribution is 2.60. The van der Waals surface area contributed by atoms with Gasteiger partial charge in [-0.1, -0.05) is 0 Å². The second kappa shape index (κ2) is 4.84. The summed E-state index contributed by atoms with van der Waals surface area (Å²) in [4.78, 5) is 15.2. The Balaban J connectivity index is 1.93. The molecule has 0 saturated carbocycles. The summed E-state index contributed by atoms with van der Waals surface area (Å²) in [5.41, 5.74) is -4.01. The number of aliphatic hydroxyl groups is 1. The molecule has 0 bridgehead atoms. The van der Waals surface area contributed by atoms with Gasteiger partial charge in [-0.25, -0.2) is 8.42 Å². The van der Waals surface area contributed by atoms with E-state index in [9.17, 15) is 27.1 Å². The summed E-state index contributed by atoms with van der Waals surface area (Å²) in [6.07, 6.45) is 1.43. The quantitative estimate of drug-likeness (QED) is 0.848. The number of aromatic nitrogens is 1. The molecule has 0 saturated heterocycles. The largest absolute Gasteiger partial charge is 0.455 e. The number of hydrogen-bond acceptors (Lipinski definition) is 7. The van der Waals surface area contributed by atoms with E-state index in [-0.39, 0.29) is 17.1 Å². The number of nitriles is 1. The van der Waals surface area contributed by atoms with Crippen LogP contribution in [0.4, 0.5) is 8.78 Å². The van der Waals surface area contributed by atoms with E-state index in [0.29, 0.717) is 0 Å². The van der Waals surface area contributed by atoms with E-state index in [4.69, 9.17) is 10.00 Å². The number of ether oxygens (including phenoxy) is 1. The Labute approximate surface area is 145 Å². The van der Waals surface area contributed by atoms with Crippen LogP contribution in [0.25, 0.3) is 0 Å². The van der Waals surface area contributed by atoms with Crippen molar-refractivity contribution in [3.8, 4) is 17.6 Å². The number of carbonyl (C=O) groups excluding carboxylic acids is 1. The first-order chi connectivity index (χ1) is 12.1. The summed E-state index contributed by atoms with van der Waals surface area (Å²) in [5, 5.41) is 14.7. The van der Waals surface area contributed by atoms with Crippen molar-refractivity contribution in [2.75, 3.05) is 0 Å². The van der Waals surface area contributed by atoms with E-state index in [1.54, 1.807) is 0 Å². The summed E-state index contributed by atoms with van der Waals surface area (Å²) in [7, 11) is -5.13. The molecular formula is C16H8F2N2O5S. The minimum absolute atomic E-state index is 0.0519. The molecule has 1 aromatic carbocycles. The van der Waals surface area contributed by atoms with Gasteiger partial charge in [0.15, 0.2) is 11.4 Å². The zero-order valence-electron chi connectivity index (χ0n) is 12.7. The van der Waals surface area contributed by atoms with Gasteiger partial charge in [0.25, 0.3) is 0 Å². The molecule has 26 heavy (non-hydrogen) atoms. The van der Waals surface area contributed by atoms with Gasteiger partial charge >= 0.3 is 5.25 Å². The highest BCUT2D eigenvalue weighted by Gasteiger charge is 2.74. The number of rotatable bonds is 2. The van der Waals surface area contributed by atoms with Crippen LogP contribution in [0.3, 0.4) is 0 Å². The van der Waals surface area contributed by atoms with Crippen LogP contribution in [0.5, 0.6) is 11.5 Å². The lowest BCUT2D eigenvalue weighted by Gasteiger charge is -2.24. The van der Waals surface area contributed by atoms with Crippen LogP contribution < -0.4 is 4.74 Å². The lowest BCUT2D eigenvalue weighted by molar-refractivity contribution is -0.121. The maximum atomic E-state index is 14.4. The van der Waals surface area contributed by atoms with Crippen LogP contribution in [-0.2, 0) is 15.4 Å². The van der Waals surface area contributed by atoms with Gasteiger partial charge in [-0.05, 0) is 12.1 Å². The van der Waals surface area contributed by atoms with Crippen LogP contribution in [0.1, 0.15) is 27.9 Å². The van der Waals surface area contributed by atoms with Crippen molar-refractivity contribution in [2.24, 2.45) is 0 Å². The van der Waals surface area contributed by atoms with Crippen LogP contribution in [0.15, 0.2) is 35.5 Å². The number of halogens is 2. The molecule has 0 radical (unpaired) electrons. The maximum Gasteiger partial charge on any atom is 0.382 e. The van der Waals surface area contributed by atoms with Crippen LogP contribution in [0.2, 0.25) is 0 Å². The monoisotopic (exact) mass is 378 g/mol. The van der Waals surface area contributed by atoms with Crippen molar-refractivity contribution in [3.63, 3.8) is 0 Å². The Morgan fingerprint density at radius 2 is 2.04 bits per heavy atom. The second-order valence-corrected chi connectivity index (χ2v) is 7.87. The van der Waals surface area contributed by atoms with E-state index in [1.807, 2.05) is 6.07 Å². The number of alkyl halides is 2. The normalized spacial score (nSPS) is 24.2. The van der Waals surface area contributed by atoms with Crippen molar-refractivity contribution in [1.29, 1.82) is 5.26 Å². The fourth-order valence-corrected chi connectivity index (χ4v) is 4.92. The standard InChI is InChI=1S/C16H8F2N2O5S/c17-16(18)15(22)4-10(21)13-11(1-2-12(14(13)15)26(16,23)24)25-9-3-8(5-19)6-20-7-9/h1-3,6-7,22H,4H2. The number of Topliss-reactive ketones (excluding diaryl/α,β-unsaturated/α-hetero) is 1. The number of carbonyl (C=O) groups is 1. The first-order valence-corrected chi connectivity index (χ1v) is 8.70. The summed E-state index contributed by atoms with van der Waals surface area (Å²) in [6.45, 7) is 0. The molecule has 0 spiro atoms. The van der Waals surface area contributed by atoms with Gasteiger partial charge in [0.2, 0.25) is 9.84 Å². The van der Waals surface area contributed by atoms with Crippen molar-refractivity contribution in [2.45, 2.75) is 22.2 Å².